The molecular weight excluding hydrogens is 374 g/mol. The number of ether oxygens (including phenoxy) is 3. The van der Waals surface area contributed by atoms with Crippen LogP contribution >= 0.6 is 0 Å². The van der Waals surface area contributed by atoms with Crippen LogP contribution in [0.15, 0.2) is 48.5 Å². The Morgan fingerprint density at radius 3 is 2.24 bits per heavy atom. The lowest BCUT2D eigenvalue weighted by molar-refractivity contribution is -0.132. The molecule has 7 heteroatoms. The van der Waals surface area contributed by atoms with E-state index in [2.05, 4.69) is 5.32 Å². The van der Waals surface area contributed by atoms with Crippen LogP contribution in [0.1, 0.15) is 25.0 Å². The third-order valence-corrected chi connectivity index (χ3v) is 3.77. The number of carbonyl (C=O) groups is 3. The van der Waals surface area contributed by atoms with E-state index in [-0.39, 0.29) is 11.9 Å². The van der Waals surface area contributed by atoms with E-state index in [1.54, 1.807) is 36.4 Å². The zero-order valence-corrected chi connectivity index (χ0v) is 16.6. The number of carbonyl (C=O) groups excluding carboxylic acids is 3. The molecule has 0 spiro atoms. The summed E-state index contributed by atoms with van der Waals surface area (Å²) in [6.07, 6.45) is 3.71. The van der Waals surface area contributed by atoms with E-state index >= 15 is 0 Å². The van der Waals surface area contributed by atoms with Crippen molar-refractivity contribution in [3.63, 3.8) is 0 Å². The average Bonchev–Trinajstić information content (AvgIpc) is 2.67. The SMILES string of the molecule is COc1cc(C=CC(=O)NCCc2ccc(OC(C)=O)cc2)ccc1OC(C)=O. The van der Waals surface area contributed by atoms with Crippen molar-refractivity contribution in [2.24, 2.45) is 0 Å². The second kappa shape index (κ2) is 10.7. The van der Waals surface area contributed by atoms with Gasteiger partial charge in [0.1, 0.15) is 5.75 Å². The Balaban J connectivity index is 1.85. The molecule has 0 saturated carbocycles. The maximum atomic E-state index is 12.0. The van der Waals surface area contributed by atoms with Crippen molar-refractivity contribution >= 4 is 23.9 Å². The molecule has 0 aliphatic carbocycles. The Hall–Kier alpha value is -3.61. The maximum absolute atomic E-state index is 12.0. The highest BCUT2D eigenvalue weighted by Gasteiger charge is 2.07. The molecule has 1 N–H and O–H groups in total. The van der Waals surface area contributed by atoms with Gasteiger partial charge in [-0.3, -0.25) is 14.4 Å². The van der Waals surface area contributed by atoms with Gasteiger partial charge in [0.15, 0.2) is 11.5 Å². The molecule has 0 unspecified atom stereocenters. The fourth-order valence-electron chi connectivity index (χ4n) is 2.48. The monoisotopic (exact) mass is 397 g/mol. The fraction of sp³-hybridized carbons (Fsp3) is 0.227. The van der Waals surface area contributed by atoms with E-state index in [1.165, 1.54) is 27.0 Å². The summed E-state index contributed by atoms with van der Waals surface area (Å²) in [6, 6.07) is 12.1. The van der Waals surface area contributed by atoms with Crippen LogP contribution in [-0.4, -0.2) is 31.5 Å². The van der Waals surface area contributed by atoms with Crippen molar-refractivity contribution < 1.29 is 28.6 Å². The lowest BCUT2D eigenvalue weighted by Crippen LogP contribution is -2.23. The summed E-state index contributed by atoms with van der Waals surface area (Å²) < 4.78 is 15.2. The van der Waals surface area contributed by atoms with Crippen molar-refractivity contribution in [3.05, 3.63) is 59.7 Å². The number of nitrogens with one attached hydrogen (secondary N) is 1. The summed E-state index contributed by atoms with van der Waals surface area (Å²) in [7, 11) is 1.47. The lowest BCUT2D eigenvalue weighted by Gasteiger charge is -2.08. The van der Waals surface area contributed by atoms with Crippen molar-refractivity contribution in [2.45, 2.75) is 20.3 Å². The molecule has 0 radical (unpaired) electrons. The number of esters is 2. The number of methoxy groups -OCH3 is 1. The predicted octanol–water partition coefficient (Wildman–Crippen LogP) is 2.92. The molecule has 152 valence electrons. The summed E-state index contributed by atoms with van der Waals surface area (Å²) >= 11 is 0. The van der Waals surface area contributed by atoms with Crippen LogP contribution < -0.4 is 19.5 Å². The zero-order valence-electron chi connectivity index (χ0n) is 16.6. The molecule has 2 aromatic carbocycles. The lowest BCUT2D eigenvalue weighted by atomic mass is 10.1. The third kappa shape index (κ3) is 7.50. The molecule has 0 atom stereocenters. The molecule has 0 aliphatic rings. The predicted molar refractivity (Wildman–Crippen MR) is 108 cm³/mol. The van der Waals surface area contributed by atoms with E-state index in [9.17, 15) is 14.4 Å². The molecule has 29 heavy (non-hydrogen) atoms. The van der Waals surface area contributed by atoms with Crippen molar-refractivity contribution in [1.29, 1.82) is 0 Å². The number of amides is 1. The first-order valence-electron chi connectivity index (χ1n) is 8.97. The molecule has 2 aromatic rings. The molecule has 0 saturated heterocycles. The van der Waals surface area contributed by atoms with Gasteiger partial charge in [-0.1, -0.05) is 18.2 Å². The van der Waals surface area contributed by atoms with Crippen molar-refractivity contribution in [2.75, 3.05) is 13.7 Å². The standard InChI is InChI=1S/C22H23NO6/c1-15(24)28-19-8-4-17(5-9-19)12-13-23-22(26)11-7-18-6-10-20(29-16(2)25)21(14-18)27-3/h4-11,14H,12-13H2,1-3H3,(H,23,26). The molecule has 1 amide bonds. The van der Waals surface area contributed by atoms with Gasteiger partial charge in [0.2, 0.25) is 5.91 Å². The van der Waals surface area contributed by atoms with E-state index in [0.29, 0.717) is 30.2 Å². The van der Waals surface area contributed by atoms with Crippen LogP contribution in [-0.2, 0) is 20.8 Å². The molecular formula is C22H23NO6. The van der Waals surface area contributed by atoms with Crippen molar-refractivity contribution in [1.82, 2.24) is 5.32 Å². The minimum atomic E-state index is -0.438. The van der Waals surface area contributed by atoms with Crippen LogP contribution in [0.5, 0.6) is 17.2 Å². The Morgan fingerprint density at radius 1 is 0.931 bits per heavy atom. The summed E-state index contributed by atoms with van der Waals surface area (Å²) in [4.78, 5) is 34.0. The van der Waals surface area contributed by atoms with Gasteiger partial charge >= 0.3 is 11.9 Å². The van der Waals surface area contributed by atoms with E-state index in [4.69, 9.17) is 14.2 Å². The number of rotatable bonds is 8. The van der Waals surface area contributed by atoms with Crippen molar-refractivity contribution in [3.8, 4) is 17.2 Å². The molecule has 0 fully saturated rings. The van der Waals surface area contributed by atoms with Gasteiger partial charge in [-0.25, -0.2) is 0 Å². The van der Waals surface area contributed by atoms with Gasteiger partial charge < -0.3 is 19.5 Å². The van der Waals surface area contributed by atoms with E-state index in [1.807, 2.05) is 12.1 Å². The second-order valence-electron chi connectivity index (χ2n) is 6.12. The van der Waals surface area contributed by atoms with Crippen LogP contribution in [0.4, 0.5) is 0 Å². The van der Waals surface area contributed by atoms with E-state index < -0.39 is 5.97 Å². The Labute approximate surface area is 169 Å². The summed E-state index contributed by atoms with van der Waals surface area (Å²) in [5, 5.41) is 2.80. The summed E-state index contributed by atoms with van der Waals surface area (Å²) in [6.45, 7) is 3.12. The fourth-order valence-corrected chi connectivity index (χ4v) is 2.48. The minimum absolute atomic E-state index is 0.232. The number of hydrogen-bond donors (Lipinski definition) is 1. The third-order valence-electron chi connectivity index (χ3n) is 3.77. The zero-order chi connectivity index (χ0) is 21.2. The summed E-state index contributed by atoms with van der Waals surface area (Å²) in [5.74, 6) is 0.177. The number of hydrogen-bond acceptors (Lipinski definition) is 6. The van der Waals surface area contributed by atoms with Gasteiger partial charge in [0.25, 0.3) is 0 Å². The molecule has 0 bridgehead atoms. The quantitative estimate of drug-likeness (QED) is 0.418. The van der Waals surface area contributed by atoms with Gasteiger partial charge in [0.05, 0.1) is 7.11 Å². The smallest absolute Gasteiger partial charge is 0.308 e. The Morgan fingerprint density at radius 2 is 1.62 bits per heavy atom. The molecule has 0 aliphatic heterocycles. The van der Waals surface area contributed by atoms with Crippen LogP contribution in [0.25, 0.3) is 6.08 Å². The Kier molecular flexibility index (Phi) is 7.97. The van der Waals surface area contributed by atoms with Crippen LogP contribution in [0.2, 0.25) is 0 Å². The normalized spacial score (nSPS) is 10.4. The molecule has 2 rings (SSSR count). The van der Waals surface area contributed by atoms with E-state index in [0.717, 1.165) is 11.1 Å². The first-order valence-corrected chi connectivity index (χ1v) is 8.97. The van der Waals surface area contributed by atoms with Gasteiger partial charge in [-0.15, -0.1) is 0 Å². The highest BCUT2D eigenvalue weighted by atomic mass is 16.6. The topological polar surface area (TPSA) is 90.9 Å². The minimum Gasteiger partial charge on any atom is -0.493 e. The molecule has 0 heterocycles. The highest BCUT2D eigenvalue weighted by molar-refractivity contribution is 5.91. The average molecular weight is 397 g/mol. The van der Waals surface area contributed by atoms with Crippen LogP contribution in [0.3, 0.4) is 0 Å². The van der Waals surface area contributed by atoms with Gasteiger partial charge in [-0.2, -0.15) is 0 Å². The first-order chi connectivity index (χ1) is 13.9. The largest absolute Gasteiger partial charge is 0.493 e. The molecule has 0 aromatic heterocycles. The van der Waals surface area contributed by atoms with Gasteiger partial charge in [0, 0.05) is 26.5 Å². The Bertz CT molecular complexity index is 902. The maximum Gasteiger partial charge on any atom is 0.308 e. The first kappa shape index (κ1) is 21.7. The molecule has 7 nitrogen and oxygen atoms in total. The highest BCUT2D eigenvalue weighted by Crippen LogP contribution is 2.28. The second-order valence-corrected chi connectivity index (χ2v) is 6.12. The number of benzene rings is 2. The van der Waals surface area contributed by atoms with Crippen LogP contribution in [0, 0.1) is 0 Å². The summed E-state index contributed by atoms with van der Waals surface area (Å²) in [5.41, 5.74) is 1.74. The van der Waals surface area contributed by atoms with Gasteiger partial charge in [-0.05, 0) is 47.9 Å².